The maximum atomic E-state index is 12.5. The number of benzene rings is 1. The minimum Gasteiger partial charge on any atom is -0.494 e. The summed E-state index contributed by atoms with van der Waals surface area (Å²) in [7, 11) is 0. The highest BCUT2D eigenvalue weighted by Crippen LogP contribution is 2.14. The maximum Gasteiger partial charge on any atom is 0.253 e. The number of rotatable bonds is 6. The predicted octanol–water partition coefficient (Wildman–Crippen LogP) is 0.979. The van der Waals surface area contributed by atoms with Crippen LogP contribution >= 0.6 is 0 Å². The van der Waals surface area contributed by atoms with Crippen molar-refractivity contribution in [2.75, 3.05) is 45.9 Å². The van der Waals surface area contributed by atoms with E-state index in [4.69, 9.17) is 4.74 Å². The van der Waals surface area contributed by atoms with Gasteiger partial charge < -0.3 is 15.0 Å². The topological polar surface area (TPSA) is 61.9 Å². The molecule has 1 N–H and O–H groups in total. The summed E-state index contributed by atoms with van der Waals surface area (Å²) in [5.41, 5.74) is 0.672. The summed E-state index contributed by atoms with van der Waals surface area (Å²) in [6.45, 7) is 8.23. The predicted molar refractivity (Wildman–Crippen MR) is 88.6 cm³/mol. The van der Waals surface area contributed by atoms with Crippen molar-refractivity contribution in [1.29, 1.82) is 0 Å². The molecule has 0 unspecified atom stereocenters. The Morgan fingerprint density at radius 1 is 1.09 bits per heavy atom. The van der Waals surface area contributed by atoms with Gasteiger partial charge in [0.05, 0.1) is 13.2 Å². The van der Waals surface area contributed by atoms with E-state index in [1.54, 1.807) is 12.1 Å². The number of nitrogens with one attached hydrogen (secondary N) is 1. The van der Waals surface area contributed by atoms with Gasteiger partial charge in [0, 0.05) is 38.3 Å². The summed E-state index contributed by atoms with van der Waals surface area (Å²) in [5, 5.41) is 2.80. The molecule has 2 amide bonds. The van der Waals surface area contributed by atoms with E-state index in [1.807, 2.05) is 30.9 Å². The van der Waals surface area contributed by atoms with E-state index in [2.05, 4.69) is 10.2 Å². The van der Waals surface area contributed by atoms with Crippen LogP contribution in [-0.2, 0) is 4.79 Å². The molecule has 2 rings (SSSR count). The van der Waals surface area contributed by atoms with Crippen LogP contribution in [0.3, 0.4) is 0 Å². The first-order valence-corrected chi connectivity index (χ1v) is 8.15. The molecule has 0 spiro atoms. The van der Waals surface area contributed by atoms with Gasteiger partial charge in [0.2, 0.25) is 5.91 Å². The van der Waals surface area contributed by atoms with Gasteiger partial charge in [-0.3, -0.25) is 14.5 Å². The Morgan fingerprint density at radius 3 is 2.30 bits per heavy atom. The molecule has 0 saturated carbocycles. The van der Waals surface area contributed by atoms with Crippen LogP contribution in [0.15, 0.2) is 24.3 Å². The van der Waals surface area contributed by atoms with Crippen molar-refractivity contribution in [2.24, 2.45) is 0 Å². The first-order valence-electron chi connectivity index (χ1n) is 8.15. The number of nitrogens with zero attached hydrogens (tertiary/aromatic N) is 2. The van der Waals surface area contributed by atoms with Crippen molar-refractivity contribution in [3.63, 3.8) is 0 Å². The van der Waals surface area contributed by atoms with Crippen LogP contribution in [0.4, 0.5) is 0 Å². The zero-order chi connectivity index (χ0) is 16.7. The Morgan fingerprint density at radius 2 is 1.74 bits per heavy atom. The molecule has 6 heteroatoms. The third kappa shape index (κ3) is 4.96. The smallest absolute Gasteiger partial charge is 0.253 e. The zero-order valence-corrected chi connectivity index (χ0v) is 13.9. The molecular weight excluding hydrogens is 294 g/mol. The first-order chi connectivity index (χ1) is 11.1. The molecule has 0 bridgehead atoms. The monoisotopic (exact) mass is 319 g/mol. The fourth-order valence-electron chi connectivity index (χ4n) is 2.61. The van der Waals surface area contributed by atoms with E-state index in [0.717, 1.165) is 18.8 Å². The van der Waals surface area contributed by atoms with E-state index in [9.17, 15) is 9.59 Å². The summed E-state index contributed by atoms with van der Waals surface area (Å²) in [5.74, 6) is 0.848. The fraction of sp³-hybridized carbons (Fsp3) is 0.529. The Hall–Kier alpha value is -2.08. The number of piperazine rings is 1. The van der Waals surface area contributed by atoms with Crippen LogP contribution in [0.2, 0.25) is 0 Å². The van der Waals surface area contributed by atoms with Crippen molar-refractivity contribution in [1.82, 2.24) is 15.1 Å². The van der Waals surface area contributed by atoms with E-state index in [1.165, 1.54) is 0 Å². The van der Waals surface area contributed by atoms with Crippen LogP contribution in [0.25, 0.3) is 0 Å². The molecule has 6 nitrogen and oxygen atoms in total. The highest BCUT2D eigenvalue weighted by Gasteiger charge is 2.23. The summed E-state index contributed by atoms with van der Waals surface area (Å²) >= 11 is 0. The molecule has 1 fully saturated rings. The summed E-state index contributed by atoms with van der Waals surface area (Å²) in [4.78, 5) is 28.0. The molecule has 1 aromatic carbocycles. The number of ether oxygens (including phenoxy) is 1. The van der Waals surface area contributed by atoms with Crippen molar-refractivity contribution in [3.8, 4) is 5.75 Å². The van der Waals surface area contributed by atoms with Gasteiger partial charge in [0.1, 0.15) is 5.75 Å². The number of hydrogen-bond acceptors (Lipinski definition) is 4. The number of carbonyl (C=O) groups excluding carboxylic acids is 2. The fourth-order valence-corrected chi connectivity index (χ4v) is 2.61. The lowest BCUT2D eigenvalue weighted by Crippen LogP contribution is -2.51. The Bertz CT molecular complexity index is 522. The second-order valence-electron chi connectivity index (χ2n) is 5.48. The van der Waals surface area contributed by atoms with Gasteiger partial charge in [-0.15, -0.1) is 0 Å². The van der Waals surface area contributed by atoms with Gasteiger partial charge in [-0.25, -0.2) is 0 Å². The lowest BCUT2D eigenvalue weighted by atomic mass is 10.1. The van der Waals surface area contributed by atoms with E-state index >= 15 is 0 Å². The molecule has 1 heterocycles. The van der Waals surface area contributed by atoms with Crippen molar-refractivity contribution in [2.45, 2.75) is 13.8 Å². The number of carbonyl (C=O) groups is 2. The van der Waals surface area contributed by atoms with E-state index in [-0.39, 0.29) is 11.8 Å². The number of hydrogen-bond donors (Lipinski definition) is 1. The van der Waals surface area contributed by atoms with Gasteiger partial charge in [0.25, 0.3) is 5.91 Å². The SMILES string of the molecule is CCNC(=O)CN1CCN(C(=O)c2ccc(OCC)cc2)CC1. The van der Waals surface area contributed by atoms with Crippen LogP contribution in [0.1, 0.15) is 24.2 Å². The molecule has 1 aliphatic rings. The number of amides is 2. The van der Waals surface area contributed by atoms with Crippen molar-refractivity contribution in [3.05, 3.63) is 29.8 Å². The molecule has 1 saturated heterocycles. The van der Waals surface area contributed by atoms with E-state index in [0.29, 0.717) is 38.3 Å². The highest BCUT2D eigenvalue weighted by atomic mass is 16.5. The van der Waals surface area contributed by atoms with Crippen molar-refractivity contribution < 1.29 is 14.3 Å². The summed E-state index contributed by atoms with van der Waals surface area (Å²) in [6.07, 6.45) is 0. The van der Waals surface area contributed by atoms with Gasteiger partial charge in [0.15, 0.2) is 0 Å². The van der Waals surface area contributed by atoms with Crippen LogP contribution in [0.5, 0.6) is 5.75 Å². The highest BCUT2D eigenvalue weighted by molar-refractivity contribution is 5.94. The number of likely N-dealkylation sites (N-methyl/N-ethyl adjacent to an activating group) is 1. The minimum atomic E-state index is 0.0331. The molecule has 1 aromatic rings. The molecule has 0 aliphatic carbocycles. The molecule has 0 radical (unpaired) electrons. The quantitative estimate of drug-likeness (QED) is 0.849. The Balaban J connectivity index is 1.84. The lowest BCUT2D eigenvalue weighted by Gasteiger charge is -2.34. The maximum absolute atomic E-state index is 12.5. The van der Waals surface area contributed by atoms with Crippen LogP contribution in [-0.4, -0.2) is 67.5 Å². The second kappa shape index (κ2) is 8.53. The standard InChI is InChI=1S/C17H25N3O3/c1-3-18-16(21)13-19-9-11-20(12-10-19)17(22)14-5-7-15(8-6-14)23-4-2/h5-8H,3-4,9-13H2,1-2H3,(H,18,21). The molecule has 0 atom stereocenters. The van der Waals surface area contributed by atoms with Crippen LogP contribution in [0, 0.1) is 0 Å². The molecular formula is C17H25N3O3. The average Bonchev–Trinajstić information content (AvgIpc) is 2.56. The van der Waals surface area contributed by atoms with Gasteiger partial charge in [-0.1, -0.05) is 0 Å². The summed E-state index contributed by atoms with van der Waals surface area (Å²) in [6, 6.07) is 7.24. The third-order valence-electron chi connectivity index (χ3n) is 3.81. The minimum absolute atomic E-state index is 0.0331. The molecule has 23 heavy (non-hydrogen) atoms. The largest absolute Gasteiger partial charge is 0.494 e. The van der Waals surface area contributed by atoms with E-state index < -0.39 is 0 Å². The Labute approximate surface area is 137 Å². The molecule has 126 valence electrons. The molecule has 1 aliphatic heterocycles. The first kappa shape index (κ1) is 17.3. The van der Waals surface area contributed by atoms with Crippen molar-refractivity contribution >= 4 is 11.8 Å². The van der Waals surface area contributed by atoms with Gasteiger partial charge in [-0.05, 0) is 38.1 Å². The lowest BCUT2D eigenvalue weighted by molar-refractivity contribution is -0.122. The normalized spacial score (nSPS) is 15.3. The average molecular weight is 319 g/mol. The third-order valence-corrected chi connectivity index (χ3v) is 3.81. The Kier molecular flexibility index (Phi) is 6.40. The zero-order valence-electron chi connectivity index (χ0n) is 13.9. The van der Waals surface area contributed by atoms with Crippen LogP contribution < -0.4 is 10.1 Å². The van der Waals surface area contributed by atoms with Gasteiger partial charge >= 0.3 is 0 Å². The summed E-state index contributed by atoms with van der Waals surface area (Å²) < 4.78 is 5.39. The van der Waals surface area contributed by atoms with Gasteiger partial charge in [-0.2, -0.15) is 0 Å². The molecule has 0 aromatic heterocycles. The second-order valence-corrected chi connectivity index (χ2v) is 5.48.